The number of rotatable bonds is 3. The van der Waals surface area contributed by atoms with Crippen LogP contribution in [0.2, 0.25) is 0 Å². The first kappa shape index (κ1) is 13.9. The van der Waals surface area contributed by atoms with Gasteiger partial charge in [0.05, 0.1) is 0 Å². The van der Waals surface area contributed by atoms with E-state index in [4.69, 9.17) is 15.1 Å². The summed E-state index contributed by atoms with van der Waals surface area (Å²) in [5.74, 6) is 0.366. The molecule has 0 bridgehead atoms. The number of halogens is 1. The van der Waals surface area contributed by atoms with Crippen molar-refractivity contribution in [3.8, 4) is 11.3 Å². The fraction of sp³-hybridized carbons (Fsp3) is 0.250. The van der Waals surface area contributed by atoms with Gasteiger partial charge in [0.2, 0.25) is 10.7 Å². The Hall–Kier alpha value is -1.53. The van der Waals surface area contributed by atoms with Crippen LogP contribution in [-0.4, -0.2) is 13.4 Å². The lowest BCUT2D eigenvalue weighted by atomic mass is 10.0. The van der Waals surface area contributed by atoms with Gasteiger partial charge in [0.25, 0.3) is 9.05 Å². The summed E-state index contributed by atoms with van der Waals surface area (Å²) >= 11 is 0. The Balaban J connectivity index is 2.66. The molecule has 2 aromatic rings. The number of pyridine rings is 1. The van der Waals surface area contributed by atoms with E-state index in [0.717, 1.165) is 5.56 Å². The molecule has 0 fully saturated rings. The van der Waals surface area contributed by atoms with Crippen LogP contribution in [0.3, 0.4) is 0 Å². The van der Waals surface area contributed by atoms with Gasteiger partial charge < -0.3 is 9.40 Å². The Morgan fingerprint density at radius 3 is 2.58 bits per heavy atom. The largest absolute Gasteiger partial charge is 0.443 e. The van der Waals surface area contributed by atoms with E-state index in [1.54, 1.807) is 6.92 Å². The van der Waals surface area contributed by atoms with Crippen LogP contribution in [0.15, 0.2) is 32.5 Å². The number of aryl methyl sites for hydroxylation is 2. The number of hydrogen-bond donors (Lipinski definition) is 1. The van der Waals surface area contributed by atoms with Crippen LogP contribution >= 0.6 is 10.7 Å². The zero-order valence-electron chi connectivity index (χ0n) is 10.4. The van der Waals surface area contributed by atoms with Crippen molar-refractivity contribution in [2.75, 3.05) is 0 Å². The second kappa shape index (κ2) is 4.86. The summed E-state index contributed by atoms with van der Waals surface area (Å²) in [4.78, 5) is 14.1. The van der Waals surface area contributed by atoms with Crippen molar-refractivity contribution < 1.29 is 12.8 Å². The molecule has 2 aromatic heterocycles. The van der Waals surface area contributed by atoms with Crippen LogP contribution in [-0.2, 0) is 15.5 Å². The normalized spacial score (nSPS) is 11.7. The lowest BCUT2D eigenvalue weighted by Gasteiger charge is -2.08. The second-order valence-electron chi connectivity index (χ2n) is 4.07. The van der Waals surface area contributed by atoms with Crippen molar-refractivity contribution in [1.29, 1.82) is 0 Å². The topological polar surface area (TPSA) is 80.1 Å². The third-order valence-corrected chi connectivity index (χ3v) is 3.92. The molecule has 0 saturated heterocycles. The molecule has 2 heterocycles. The fourth-order valence-corrected chi connectivity index (χ4v) is 2.63. The van der Waals surface area contributed by atoms with Gasteiger partial charge in [-0.3, -0.25) is 4.79 Å². The Bertz CT molecular complexity index is 773. The summed E-state index contributed by atoms with van der Waals surface area (Å²) in [5.41, 5.74) is 1.90. The van der Waals surface area contributed by atoms with E-state index in [0.29, 0.717) is 23.4 Å². The minimum atomic E-state index is -3.90. The van der Waals surface area contributed by atoms with Crippen molar-refractivity contribution in [3.63, 3.8) is 0 Å². The lowest BCUT2D eigenvalue weighted by molar-refractivity contribution is 0.465. The molecule has 1 N–H and O–H groups in total. The molecule has 5 nitrogen and oxygen atoms in total. The summed E-state index contributed by atoms with van der Waals surface area (Å²) in [7, 11) is 1.32. The molecule has 0 spiro atoms. The Morgan fingerprint density at radius 2 is 2.05 bits per heavy atom. The van der Waals surface area contributed by atoms with Crippen LogP contribution in [0.5, 0.6) is 0 Å². The highest BCUT2D eigenvalue weighted by Gasteiger charge is 2.18. The molecule has 2 rings (SSSR count). The smallest absolute Gasteiger partial charge is 0.294 e. The molecule has 0 amide bonds. The molecule has 0 aliphatic carbocycles. The molecular weight excluding hydrogens is 290 g/mol. The molecule has 0 unspecified atom stereocenters. The maximum Gasteiger partial charge on any atom is 0.294 e. The molecular formula is C12H12ClNO4S. The van der Waals surface area contributed by atoms with Gasteiger partial charge >= 0.3 is 0 Å². The number of nitrogens with one attached hydrogen (secondary N) is 1. The van der Waals surface area contributed by atoms with E-state index >= 15 is 0 Å². The highest BCUT2D eigenvalue weighted by Crippen LogP contribution is 2.30. The number of aromatic amines is 1. The quantitative estimate of drug-likeness (QED) is 0.883. The zero-order valence-corrected chi connectivity index (χ0v) is 11.9. The standard InChI is InChI=1S/C12H12ClNO4S/c1-3-8-6-10(15)14-7(2)12(8)9-4-5-11(18-9)19(13,16)17/h4-6H,3H2,1-2H3,(H,14,15). The van der Waals surface area contributed by atoms with E-state index < -0.39 is 9.05 Å². The predicted octanol–water partition coefficient (Wildman–Crippen LogP) is 2.43. The molecule has 0 aliphatic heterocycles. The van der Waals surface area contributed by atoms with Crippen LogP contribution in [0.25, 0.3) is 11.3 Å². The number of hydrogen-bond acceptors (Lipinski definition) is 4. The first-order valence-electron chi connectivity index (χ1n) is 5.60. The van der Waals surface area contributed by atoms with Crippen molar-refractivity contribution in [3.05, 3.63) is 39.8 Å². The zero-order chi connectivity index (χ0) is 14.2. The number of aromatic nitrogens is 1. The van der Waals surface area contributed by atoms with Gasteiger partial charge in [-0.15, -0.1) is 0 Å². The van der Waals surface area contributed by atoms with Gasteiger partial charge in [-0.2, -0.15) is 0 Å². The minimum Gasteiger partial charge on any atom is -0.443 e. The summed E-state index contributed by atoms with van der Waals surface area (Å²) in [6.45, 7) is 3.63. The van der Waals surface area contributed by atoms with E-state index in [1.165, 1.54) is 18.2 Å². The van der Waals surface area contributed by atoms with E-state index in [-0.39, 0.29) is 10.7 Å². The van der Waals surface area contributed by atoms with Crippen LogP contribution in [0.1, 0.15) is 18.2 Å². The van der Waals surface area contributed by atoms with Crippen LogP contribution in [0, 0.1) is 6.92 Å². The summed E-state index contributed by atoms with van der Waals surface area (Å²) in [5, 5.41) is -0.309. The highest BCUT2D eigenvalue weighted by atomic mass is 35.7. The number of furan rings is 1. The summed E-state index contributed by atoms with van der Waals surface area (Å²) in [6, 6.07) is 4.29. The molecule has 19 heavy (non-hydrogen) atoms. The third-order valence-electron chi connectivity index (χ3n) is 2.76. The molecule has 7 heteroatoms. The number of H-pyrrole nitrogens is 1. The monoisotopic (exact) mass is 301 g/mol. The van der Waals surface area contributed by atoms with Gasteiger partial charge in [0.1, 0.15) is 5.76 Å². The second-order valence-corrected chi connectivity index (χ2v) is 6.57. The first-order valence-corrected chi connectivity index (χ1v) is 7.91. The highest BCUT2D eigenvalue weighted by molar-refractivity contribution is 8.13. The van der Waals surface area contributed by atoms with Gasteiger partial charge in [-0.1, -0.05) is 6.92 Å². The Kier molecular flexibility index (Phi) is 3.56. The Labute approximate surface area is 114 Å². The van der Waals surface area contributed by atoms with E-state index in [1.807, 2.05) is 6.92 Å². The van der Waals surface area contributed by atoms with Crippen molar-refractivity contribution in [1.82, 2.24) is 4.98 Å². The fourth-order valence-electron chi connectivity index (χ4n) is 1.96. The van der Waals surface area contributed by atoms with Gasteiger partial charge in [0, 0.05) is 28.0 Å². The first-order chi connectivity index (χ1) is 8.82. The minimum absolute atomic E-state index is 0.199. The third kappa shape index (κ3) is 2.74. The molecule has 0 saturated carbocycles. The summed E-state index contributed by atoms with van der Waals surface area (Å²) in [6.07, 6.45) is 0.629. The predicted molar refractivity (Wildman–Crippen MR) is 71.9 cm³/mol. The van der Waals surface area contributed by atoms with Crippen molar-refractivity contribution in [2.45, 2.75) is 25.4 Å². The van der Waals surface area contributed by atoms with Gasteiger partial charge in [0.15, 0.2) is 0 Å². The Morgan fingerprint density at radius 1 is 1.37 bits per heavy atom. The van der Waals surface area contributed by atoms with E-state index in [2.05, 4.69) is 4.98 Å². The molecule has 0 aromatic carbocycles. The van der Waals surface area contributed by atoms with Gasteiger partial charge in [-0.25, -0.2) is 8.42 Å². The average molecular weight is 302 g/mol. The van der Waals surface area contributed by atoms with Gasteiger partial charge in [-0.05, 0) is 31.0 Å². The summed E-state index contributed by atoms with van der Waals surface area (Å²) < 4.78 is 27.6. The maximum absolute atomic E-state index is 11.4. The molecule has 102 valence electrons. The molecule has 0 radical (unpaired) electrons. The van der Waals surface area contributed by atoms with Crippen molar-refractivity contribution >= 4 is 19.7 Å². The van der Waals surface area contributed by atoms with E-state index in [9.17, 15) is 13.2 Å². The maximum atomic E-state index is 11.4. The van der Waals surface area contributed by atoms with Crippen molar-refractivity contribution in [2.24, 2.45) is 0 Å². The average Bonchev–Trinajstić information content (AvgIpc) is 2.76. The van der Waals surface area contributed by atoms with Crippen LogP contribution in [0.4, 0.5) is 0 Å². The lowest BCUT2D eigenvalue weighted by Crippen LogP contribution is -2.09. The van der Waals surface area contributed by atoms with Crippen LogP contribution < -0.4 is 5.56 Å². The molecule has 0 atom stereocenters. The molecule has 0 aliphatic rings. The SMILES string of the molecule is CCc1cc(=O)[nH]c(C)c1-c1ccc(S(=O)(=O)Cl)o1.